The van der Waals surface area contributed by atoms with Crippen molar-refractivity contribution in [3.8, 4) is 0 Å². The summed E-state index contributed by atoms with van der Waals surface area (Å²) in [5.74, 6) is -0.339. The van der Waals surface area contributed by atoms with Gasteiger partial charge in [-0.1, -0.05) is 129 Å². The van der Waals surface area contributed by atoms with Gasteiger partial charge in [-0.25, -0.2) is 9.18 Å². The molecule has 41 heavy (non-hydrogen) atoms. The molecule has 0 aliphatic carbocycles. The zero-order valence-corrected chi connectivity index (χ0v) is 26.3. The molecule has 1 saturated heterocycles. The maximum Gasteiger partial charge on any atom is 0.334 e. The van der Waals surface area contributed by atoms with Crippen LogP contribution in [0, 0.1) is 0 Å². The summed E-state index contributed by atoms with van der Waals surface area (Å²) in [7, 11) is 0. The smallest absolute Gasteiger partial charge is 0.334 e. The molecule has 240 valence electrons. The van der Waals surface area contributed by atoms with Gasteiger partial charge in [-0.3, -0.25) is 0 Å². The molecule has 0 amide bonds. The Labute approximate surface area is 251 Å². The van der Waals surface area contributed by atoms with Crippen molar-refractivity contribution in [2.24, 2.45) is 0 Å². The average molecular weight is 583 g/mol. The Bertz CT molecular complexity index is 683. The molecule has 0 radical (unpaired) electrons. The van der Waals surface area contributed by atoms with Gasteiger partial charge in [0.1, 0.15) is 12.8 Å². The third-order valence-corrected chi connectivity index (χ3v) is 9.05. The minimum Gasteiger partial charge on any atom is -0.452 e. The van der Waals surface area contributed by atoms with E-state index in [0.717, 1.165) is 57.8 Å². The predicted octanol–water partition coefficient (Wildman–Crippen LogP) is 9.07. The van der Waals surface area contributed by atoms with Crippen LogP contribution >= 0.6 is 0 Å². The first kappa shape index (κ1) is 36.2. The minimum atomic E-state index is -0.660. The SMILES string of the molecule is CCCCCCCCCCCC[C@@H](O)[C@H]1CC[C@H]([C@H](O)CCCCCCCCCCCCC2=C[C@H](CF)OC2=O)O1. The standard InChI is InChI=1S/C35H63FO5/c1-2-3-4-5-6-7-11-14-17-20-23-31(37)33-25-26-34(41-33)32(38)24-21-18-15-12-9-8-10-13-16-19-22-29-27-30(28-36)40-35(29)39/h27,30-34,37-38H,2-26,28H2,1H3/t30-,31-,32-,33-,34-/m1/s1. The number of aliphatic hydroxyl groups is 2. The molecule has 0 saturated carbocycles. The van der Waals surface area contributed by atoms with Crippen LogP contribution in [0.2, 0.25) is 0 Å². The third-order valence-electron chi connectivity index (χ3n) is 9.05. The summed E-state index contributed by atoms with van der Waals surface area (Å²) < 4.78 is 23.6. The van der Waals surface area contributed by atoms with Crippen LogP contribution in [0.3, 0.4) is 0 Å². The average Bonchev–Trinajstić information content (AvgIpc) is 3.61. The Morgan fingerprint density at radius 1 is 0.707 bits per heavy atom. The molecule has 5 nitrogen and oxygen atoms in total. The van der Waals surface area contributed by atoms with Crippen molar-refractivity contribution in [3.63, 3.8) is 0 Å². The Balaban J connectivity index is 1.35. The summed E-state index contributed by atoms with van der Waals surface area (Å²) in [4.78, 5) is 11.6. The lowest BCUT2D eigenvalue weighted by molar-refractivity contribution is -0.140. The molecule has 2 aliphatic rings. The first-order valence-electron chi connectivity index (χ1n) is 17.5. The van der Waals surface area contributed by atoms with E-state index in [0.29, 0.717) is 12.0 Å². The molecule has 0 aromatic rings. The van der Waals surface area contributed by atoms with Crippen LogP contribution in [0.1, 0.15) is 167 Å². The number of alkyl halides is 1. The van der Waals surface area contributed by atoms with Gasteiger partial charge in [0.25, 0.3) is 0 Å². The second kappa shape index (κ2) is 23.5. The van der Waals surface area contributed by atoms with E-state index in [1.807, 2.05) is 0 Å². The number of aliphatic hydroxyl groups excluding tert-OH is 2. The fraction of sp³-hybridized carbons (Fsp3) is 0.914. The maximum absolute atomic E-state index is 12.6. The molecule has 2 aliphatic heterocycles. The molecule has 6 heteroatoms. The molecule has 2 rings (SSSR count). The van der Waals surface area contributed by atoms with E-state index in [-0.39, 0.29) is 24.3 Å². The second-order valence-corrected chi connectivity index (χ2v) is 12.8. The largest absolute Gasteiger partial charge is 0.452 e. The summed E-state index contributed by atoms with van der Waals surface area (Å²) >= 11 is 0. The number of hydrogen-bond acceptors (Lipinski definition) is 5. The van der Waals surface area contributed by atoms with Crippen LogP contribution in [0.15, 0.2) is 11.6 Å². The fourth-order valence-corrected chi connectivity index (χ4v) is 6.35. The number of rotatable bonds is 27. The van der Waals surface area contributed by atoms with E-state index >= 15 is 0 Å². The highest BCUT2D eigenvalue weighted by Crippen LogP contribution is 2.28. The normalized spacial score (nSPS) is 22.2. The zero-order valence-electron chi connectivity index (χ0n) is 26.3. The number of halogens is 1. The molecule has 5 atom stereocenters. The minimum absolute atomic E-state index is 0.0988. The van der Waals surface area contributed by atoms with Crippen molar-refractivity contribution in [3.05, 3.63) is 11.6 Å². The van der Waals surface area contributed by atoms with Crippen LogP contribution in [0.4, 0.5) is 4.39 Å². The lowest BCUT2D eigenvalue weighted by Gasteiger charge is -2.22. The van der Waals surface area contributed by atoms with E-state index in [1.165, 1.54) is 96.3 Å². The Hall–Kier alpha value is -0.980. The van der Waals surface area contributed by atoms with E-state index in [9.17, 15) is 19.4 Å². The van der Waals surface area contributed by atoms with E-state index in [4.69, 9.17) is 9.47 Å². The van der Waals surface area contributed by atoms with Crippen LogP contribution < -0.4 is 0 Å². The van der Waals surface area contributed by atoms with Gasteiger partial charge in [0.05, 0.1) is 24.4 Å². The highest BCUT2D eigenvalue weighted by atomic mass is 19.1. The highest BCUT2D eigenvalue weighted by molar-refractivity contribution is 5.90. The molecular weight excluding hydrogens is 519 g/mol. The van der Waals surface area contributed by atoms with Crippen LogP contribution in [0.25, 0.3) is 0 Å². The predicted molar refractivity (Wildman–Crippen MR) is 166 cm³/mol. The first-order valence-corrected chi connectivity index (χ1v) is 17.5. The summed E-state index contributed by atoms with van der Waals surface area (Å²) in [5.41, 5.74) is 0.647. The summed E-state index contributed by atoms with van der Waals surface area (Å²) in [5, 5.41) is 21.2. The number of hydrogen-bond donors (Lipinski definition) is 2. The highest BCUT2D eigenvalue weighted by Gasteiger charge is 2.34. The Kier molecular flexibility index (Phi) is 20.7. The van der Waals surface area contributed by atoms with Gasteiger partial charge in [-0.05, 0) is 44.6 Å². The Morgan fingerprint density at radius 2 is 1.12 bits per heavy atom. The molecule has 2 N–H and O–H groups in total. The van der Waals surface area contributed by atoms with Gasteiger partial charge in [0, 0.05) is 5.57 Å². The van der Waals surface area contributed by atoms with Gasteiger partial charge in [0.2, 0.25) is 0 Å². The fourth-order valence-electron chi connectivity index (χ4n) is 6.35. The lowest BCUT2D eigenvalue weighted by atomic mass is 10.00. The van der Waals surface area contributed by atoms with E-state index in [2.05, 4.69) is 6.92 Å². The topological polar surface area (TPSA) is 76.0 Å². The zero-order chi connectivity index (χ0) is 29.5. The van der Waals surface area contributed by atoms with Crippen molar-refractivity contribution in [1.29, 1.82) is 0 Å². The molecule has 0 unspecified atom stereocenters. The van der Waals surface area contributed by atoms with Gasteiger partial charge in [0.15, 0.2) is 0 Å². The summed E-state index contributed by atoms with van der Waals surface area (Å²) in [6.45, 7) is 1.63. The molecule has 0 spiro atoms. The van der Waals surface area contributed by atoms with Gasteiger partial charge in [-0.2, -0.15) is 0 Å². The van der Waals surface area contributed by atoms with Crippen molar-refractivity contribution >= 4 is 5.97 Å². The molecule has 0 aromatic heterocycles. The second-order valence-electron chi connectivity index (χ2n) is 12.8. The van der Waals surface area contributed by atoms with Crippen LogP contribution in [-0.2, 0) is 14.3 Å². The molecule has 1 fully saturated rings. The third kappa shape index (κ3) is 16.4. The van der Waals surface area contributed by atoms with Gasteiger partial charge >= 0.3 is 5.97 Å². The van der Waals surface area contributed by atoms with Crippen molar-refractivity contribution in [2.45, 2.75) is 198 Å². The first-order chi connectivity index (χ1) is 20.0. The lowest BCUT2D eigenvalue weighted by Crippen LogP contribution is -2.31. The number of cyclic esters (lactones) is 1. The summed E-state index contributed by atoms with van der Waals surface area (Å²) in [6, 6.07) is 0. The van der Waals surface area contributed by atoms with Crippen LogP contribution in [-0.4, -0.2) is 53.4 Å². The quantitative estimate of drug-likeness (QED) is 0.0746. The monoisotopic (exact) mass is 582 g/mol. The maximum atomic E-state index is 12.6. The van der Waals surface area contributed by atoms with Crippen molar-refractivity contribution in [1.82, 2.24) is 0 Å². The number of esters is 1. The molecular formula is C35H63FO5. The number of carbonyl (C=O) groups excluding carboxylic acids is 1. The van der Waals surface area contributed by atoms with Crippen molar-refractivity contribution < 1.29 is 28.9 Å². The van der Waals surface area contributed by atoms with E-state index < -0.39 is 18.9 Å². The molecule has 0 aromatic carbocycles. The van der Waals surface area contributed by atoms with Crippen LogP contribution in [0.5, 0.6) is 0 Å². The van der Waals surface area contributed by atoms with Crippen molar-refractivity contribution in [2.75, 3.05) is 6.67 Å². The number of ether oxygens (including phenoxy) is 2. The molecule has 0 bridgehead atoms. The summed E-state index contributed by atoms with van der Waals surface area (Å²) in [6.07, 6.45) is 28.7. The number of unbranched alkanes of at least 4 members (excludes halogenated alkanes) is 18. The van der Waals surface area contributed by atoms with Gasteiger partial charge < -0.3 is 19.7 Å². The molecule has 2 heterocycles. The number of carbonyl (C=O) groups is 1. The van der Waals surface area contributed by atoms with E-state index in [1.54, 1.807) is 6.08 Å². The van der Waals surface area contributed by atoms with Gasteiger partial charge in [-0.15, -0.1) is 0 Å². The Morgan fingerprint density at radius 3 is 1.54 bits per heavy atom.